The molecule has 0 aliphatic carbocycles. The van der Waals surface area contributed by atoms with Crippen LogP contribution in [-0.4, -0.2) is 0 Å². The van der Waals surface area contributed by atoms with Crippen LogP contribution in [0.3, 0.4) is 0 Å². The Morgan fingerprint density at radius 3 is 1.37 bits per heavy atom. The van der Waals surface area contributed by atoms with Gasteiger partial charge in [-0.05, 0) is 113 Å². The first-order valence-corrected chi connectivity index (χ1v) is 19.9. The Balaban J connectivity index is 1.10. The summed E-state index contributed by atoms with van der Waals surface area (Å²) in [6, 6.07) is 70.9. The highest BCUT2D eigenvalue weighted by Gasteiger charge is 2.19. The molecular formula is C50H32N2S2. The summed E-state index contributed by atoms with van der Waals surface area (Å²) in [6.07, 6.45) is 0. The molecule has 0 radical (unpaired) electrons. The highest BCUT2D eigenvalue weighted by Crippen LogP contribution is 2.45. The second kappa shape index (κ2) is 12.6. The Hall–Kier alpha value is -6.46. The molecule has 0 atom stereocenters. The Bertz CT molecular complexity index is 3140. The minimum atomic E-state index is 1.09. The van der Waals surface area contributed by atoms with Gasteiger partial charge in [0.15, 0.2) is 0 Å². The van der Waals surface area contributed by atoms with Crippen LogP contribution in [0.15, 0.2) is 194 Å². The Labute approximate surface area is 321 Å². The van der Waals surface area contributed by atoms with E-state index in [1.807, 2.05) is 22.7 Å². The number of nitrogens with zero attached hydrogens (tertiary/aromatic N) is 2. The van der Waals surface area contributed by atoms with Crippen molar-refractivity contribution in [1.29, 1.82) is 0 Å². The van der Waals surface area contributed by atoms with E-state index in [2.05, 4.69) is 204 Å². The molecule has 0 N–H and O–H groups in total. The van der Waals surface area contributed by atoms with Gasteiger partial charge in [0.25, 0.3) is 0 Å². The molecule has 2 nitrogen and oxygen atoms in total. The molecule has 2 aromatic heterocycles. The molecule has 2 heterocycles. The van der Waals surface area contributed by atoms with Gasteiger partial charge in [0.2, 0.25) is 0 Å². The van der Waals surface area contributed by atoms with Gasteiger partial charge in [-0.25, -0.2) is 0 Å². The van der Waals surface area contributed by atoms with Gasteiger partial charge in [-0.1, -0.05) is 103 Å². The molecule has 4 heteroatoms. The van der Waals surface area contributed by atoms with Gasteiger partial charge >= 0.3 is 0 Å². The van der Waals surface area contributed by atoms with Crippen LogP contribution in [0.1, 0.15) is 0 Å². The lowest BCUT2D eigenvalue weighted by molar-refractivity contribution is 1.25. The van der Waals surface area contributed by atoms with Crippen molar-refractivity contribution in [3.05, 3.63) is 194 Å². The van der Waals surface area contributed by atoms with Crippen LogP contribution in [0.2, 0.25) is 0 Å². The largest absolute Gasteiger partial charge is 0.310 e. The van der Waals surface area contributed by atoms with Gasteiger partial charge in [0.1, 0.15) is 0 Å². The topological polar surface area (TPSA) is 6.48 Å². The summed E-state index contributed by atoms with van der Waals surface area (Å²) in [7, 11) is 0. The lowest BCUT2D eigenvalue weighted by Crippen LogP contribution is -2.13. The predicted octanol–water partition coefficient (Wildman–Crippen LogP) is 15.7. The maximum atomic E-state index is 2.42. The number of anilines is 6. The second-order valence-corrected chi connectivity index (χ2v) is 15.9. The Morgan fingerprint density at radius 1 is 0.241 bits per heavy atom. The molecule has 11 aromatic rings. The van der Waals surface area contributed by atoms with Crippen LogP contribution in [0.4, 0.5) is 34.1 Å². The number of thiophene rings is 2. The maximum absolute atomic E-state index is 2.42. The molecule has 0 bridgehead atoms. The second-order valence-electron chi connectivity index (χ2n) is 13.8. The van der Waals surface area contributed by atoms with Gasteiger partial charge < -0.3 is 9.80 Å². The summed E-state index contributed by atoms with van der Waals surface area (Å²) in [5.41, 5.74) is 6.67. The standard InChI is InChI=1S/C50H32N2S2/c1-3-12-35(13-4-1)51(36-14-5-2-6-15-36)37-16-11-17-38(30-37)52(40-25-27-44-42-18-7-9-20-47(42)53-49(44)31-40)39-24-26-41-33(28-39)22-23-34-29-46-43-19-8-10-21-48(43)54-50(46)32-45(34)41/h1-32H. The van der Waals surface area contributed by atoms with E-state index in [9.17, 15) is 0 Å². The summed E-state index contributed by atoms with van der Waals surface area (Å²) in [4.78, 5) is 4.75. The van der Waals surface area contributed by atoms with Crippen molar-refractivity contribution in [3.63, 3.8) is 0 Å². The first kappa shape index (κ1) is 31.1. The van der Waals surface area contributed by atoms with Gasteiger partial charge in [0, 0.05) is 74.5 Å². The van der Waals surface area contributed by atoms with Crippen LogP contribution in [0, 0.1) is 0 Å². The van der Waals surface area contributed by atoms with Crippen molar-refractivity contribution in [2.24, 2.45) is 0 Å². The number of rotatable bonds is 6. The van der Waals surface area contributed by atoms with Crippen molar-refractivity contribution in [2.75, 3.05) is 9.80 Å². The lowest BCUT2D eigenvalue weighted by atomic mass is 9.99. The van der Waals surface area contributed by atoms with Gasteiger partial charge in [-0.2, -0.15) is 0 Å². The van der Waals surface area contributed by atoms with Gasteiger partial charge in [0.05, 0.1) is 0 Å². The average Bonchev–Trinajstić information content (AvgIpc) is 3.78. The maximum Gasteiger partial charge on any atom is 0.0482 e. The van der Waals surface area contributed by atoms with E-state index >= 15 is 0 Å². The molecule has 11 rings (SSSR count). The van der Waals surface area contributed by atoms with E-state index < -0.39 is 0 Å². The fraction of sp³-hybridized carbons (Fsp3) is 0. The Kier molecular flexibility index (Phi) is 7.25. The fourth-order valence-electron chi connectivity index (χ4n) is 8.08. The number of hydrogen-bond donors (Lipinski definition) is 0. The molecule has 0 aliphatic rings. The van der Waals surface area contributed by atoms with E-state index in [-0.39, 0.29) is 0 Å². The fourth-order valence-corrected chi connectivity index (χ4v) is 10.4. The molecule has 0 unspecified atom stereocenters. The molecule has 0 amide bonds. The van der Waals surface area contributed by atoms with Crippen LogP contribution in [-0.2, 0) is 0 Å². The lowest BCUT2D eigenvalue weighted by Gasteiger charge is -2.29. The van der Waals surface area contributed by atoms with Crippen molar-refractivity contribution in [3.8, 4) is 0 Å². The first-order chi connectivity index (χ1) is 26.7. The number of fused-ring (bicyclic) bond motifs is 9. The molecule has 0 spiro atoms. The molecule has 0 saturated carbocycles. The van der Waals surface area contributed by atoms with Crippen LogP contribution < -0.4 is 9.80 Å². The minimum absolute atomic E-state index is 1.09. The quantitative estimate of drug-likeness (QED) is 0.158. The predicted molar refractivity (Wildman–Crippen MR) is 237 cm³/mol. The van der Waals surface area contributed by atoms with Crippen LogP contribution in [0.5, 0.6) is 0 Å². The van der Waals surface area contributed by atoms with E-state index in [0.29, 0.717) is 0 Å². The van der Waals surface area contributed by atoms with E-state index in [4.69, 9.17) is 0 Å². The third-order valence-corrected chi connectivity index (χ3v) is 12.8. The molecule has 254 valence electrons. The SMILES string of the molecule is c1ccc(N(c2ccccc2)c2cccc(N(c3ccc4c(ccc5cc6c(cc54)sc4ccccc46)c3)c3ccc4c(c3)sc3ccccc34)c2)cc1. The first-order valence-electron chi connectivity index (χ1n) is 18.2. The Morgan fingerprint density at radius 2 is 0.704 bits per heavy atom. The van der Waals surface area contributed by atoms with Crippen molar-refractivity contribution in [1.82, 2.24) is 0 Å². The number of para-hydroxylation sites is 2. The third kappa shape index (κ3) is 5.14. The molecule has 9 aromatic carbocycles. The molecule has 54 heavy (non-hydrogen) atoms. The summed E-state index contributed by atoms with van der Waals surface area (Å²) in [6.45, 7) is 0. The van der Waals surface area contributed by atoms with Gasteiger partial charge in [-0.15, -0.1) is 22.7 Å². The zero-order valence-electron chi connectivity index (χ0n) is 29.2. The van der Waals surface area contributed by atoms with Crippen molar-refractivity contribution >= 4 is 119 Å². The van der Waals surface area contributed by atoms with E-state index in [0.717, 1.165) is 34.1 Å². The van der Waals surface area contributed by atoms with Crippen LogP contribution >= 0.6 is 22.7 Å². The zero-order chi connectivity index (χ0) is 35.6. The summed E-state index contributed by atoms with van der Waals surface area (Å²) >= 11 is 3.74. The van der Waals surface area contributed by atoms with Gasteiger partial charge in [-0.3, -0.25) is 0 Å². The molecule has 0 aliphatic heterocycles. The monoisotopic (exact) mass is 724 g/mol. The number of benzene rings is 9. The van der Waals surface area contributed by atoms with Crippen molar-refractivity contribution in [2.45, 2.75) is 0 Å². The summed E-state index contributed by atoms with van der Waals surface area (Å²) in [5, 5.41) is 10.3. The normalized spacial score (nSPS) is 11.7. The summed E-state index contributed by atoms with van der Waals surface area (Å²) < 4.78 is 5.26. The molecule has 0 fully saturated rings. The smallest absolute Gasteiger partial charge is 0.0482 e. The van der Waals surface area contributed by atoms with Crippen molar-refractivity contribution < 1.29 is 0 Å². The summed E-state index contributed by atoms with van der Waals surface area (Å²) in [5.74, 6) is 0. The third-order valence-electron chi connectivity index (χ3n) is 10.6. The van der Waals surface area contributed by atoms with E-state index in [1.165, 1.54) is 61.9 Å². The van der Waals surface area contributed by atoms with E-state index in [1.54, 1.807) is 0 Å². The molecular weight excluding hydrogens is 693 g/mol. The average molecular weight is 725 g/mol. The minimum Gasteiger partial charge on any atom is -0.310 e. The highest BCUT2D eigenvalue weighted by atomic mass is 32.1. The van der Waals surface area contributed by atoms with Crippen LogP contribution in [0.25, 0.3) is 61.9 Å². The highest BCUT2D eigenvalue weighted by molar-refractivity contribution is 7.26. The zero-order valence-corrected chi connectivity index (χ0v) is 30.8. The molecule has 0 saturated heterocycles. The number of hydrogen-bond acceptors (Lipinski definition) is 4.